The van der Waals surface area contributed by atoms with Crippen LogP contribution in [0.3, 0.4) is 0 Å². The van der Waals surface area contributed by atoms with Gasteiger partial charge < -0.3 is 20.1 Å². The Bertz CT molecular complexity index is 1320. The maximum absolute atomic E-state index is 13.0. The van der Waals surface area contributed by atoms with Crippen LogP contribution in [0.1, 0.15) is 23.8 Å². The van der Waals surface area contributed by atoms with E-state index in [1.54, 1.807) is 29.7 Å². The summed E-state index contributed by atoms with van der Waals surface area (Å²) >= 11 is 2.96. The summed E-state index contributed by atoms with van der Waals surface area (Å²) in [5, 5.41) is 17.8. The molecule has 11 heteroatoms. The average molecular weight is 485 g/mol. The molecule has 4 aromatic rings. The first-order valence-electron chi connectivity index (χ1n) is 10.8. The fourth-order valence-electron chi connectivity index (χ4n) is 4.42. The molecule has 3 heterocycles. The number of fused-ring (bicyclic) bond motifs is 4. The van der Waals surface area contributed by atoms with Crippen LogP contribution >= 0.6 is 22.9 Å². The van der Waals surface area contributed by atoms with E-state index >= 15 is 0 Å². The molecule has 1 unspecified atom stereocenters. The van der Waals surface area contributed by atoms with Crippen molar-refractivity contribution in [1.82, 2.24) is 24.5 Å². The highest BCUT2D eigenvalue weighted by molar-refractivity contribution is 7.19. The van der Waals surface area contributed by atoms with E-state index in [1.165, 1.54) is 22.0 Å². The number of benzene rings is 1. The lowest BCUT2D eigenvalue weighted by Gasteiger charge is -2.28. The van der Waals surface area contributed by atoms with Crippen molar-refractivity contribution in [2.45, 2.75) is 26.2 Å². The number of amides is 1. The maximum atomic E-state index is 13.0. The minimum atomic E-state index is -0.0669. The highest BCUT2D eigenvalue weighted by Gasteiger charge is 2.31. The number of hydrogen-bond donors (Lipinski definition) is 2. The number of ether oxygens (including phenoxy) is 1. The SMILES string of the molecule is CCN(CCO)C(=O)C1CCc2c(sc3ncnc(Nc4cc5snnc5cc4OC)c23)C1. The van der Waals surface area contributed by atoms with E-state index < -0.39 is 0 Å². The Kier molecular flexibility index (Phi) is 6.09. The number of aliphatic hydroxyl groups is 1. The summed E-state index contributed by atoms with van der Waals surface area (Å²) in [6.07, 6.45) is 3.82. The van der Waals surface area contributed by atoms with E-state index in [1.807, 2.05) is 19.1 Å². The monoisotopic (exact) mass is 484 g/mol. The molecule has 33 heavy (non-hydrogen) atoms. The number of likely N-dealkylation sites (N-methyl/N-ethyl adjacent to an activating group) is 1. The predicted molar refractivity (Wildman–Crippen MR) is 130 cm³/mol. The Morgan fingerprint density at radius 3 is 3.03 bits per heavy atom. The van der Waals surface area contributed by atoms with Crippen LogP contribution in [0, 0.1) is 5.92 Å². The second kappa shape index (κ2) is 9.16. The highest BCUT2D eigenvalue weighted by Crippen LogP contribution is 2.42. The van der Waals surface area contributed by atoms with Crippen molar-refractivity contribution < 1.29 is 14.6 Å². The van der Waals surface area contributed by atoms with Gasteiger partial charge in [0.2, 0.25) is 5.91 Å². The van der Waals surface area contributed by atoms with Crippen molar-refractivity contribution in [3.63, 3.8) is 0 Å². The number of methoxy groups -OCH3 is 1. The normalized spacial score (nSPS) is 15.5. The third-order valence-electron chi connectivity index (χ3n) is 6.08. The van der Waals surface area contributed by atoms with Gasteiger partial charge in [-0.05, 0) is 49.3 Å². The topological polar surface area (TPSA) is 113 Å². The van der Waals surface area contributed by atoms with E-state index in [9.17, 15) is 9.90 Å². The van der Waals surface area contributed by atoms with Gasteiger partial charge in [0.15, 0.2) is 0 Å². The molecule has 3 aromatic heterocycles. The molecule has 2 N–H and O–H groups in total. The van der Waals surface area contributed by atoms with Gasteiger partial charge in [0, 0.05) is 30.0 Å². The Hall–Kier alpha value is -2.89. The lowest BCUT2D eigenvalue weighted by atomic mass is 9.87. The molecule has 1 aliphatic rings. The van der Waals surface area contributed by atoms with Gasteiger partial charge in [0.25, 0.3) is 0 Å². The first-order valence-corrected chi connectivity index (χ1v) is 12.4. The Labute approximate surface area is 198 Å². The number of aromatic nitrogens is 4. The minimum Gasteiger partial charge on any atom is -0.494 e. The number of thiophene rings is 1. The smallest absolute Gasteiger partial charge is 0.226 e. The number of carbonyl (C=O) groups excluding carboxylic acids is 1. The van der Waals surface area contributed by atoms with Gasteiger partial charge in [-0.15, -0.1) is 16.4 Å². The summed E-state index contributed by atoms with van der Waals surface area (Å²) < 4.78 is 10.5. The van der Waals surface area contributed by atoms with Gasteiger partial charge in [-0.1, -0.05) is 4.49 Å². The van der Waals surface area contributed by atoms with Crippen molar-refractivity contribution in [1.29, 1.82) is 0 Å². The summed E-state index contributed by atoms with van der Waals surface area (Å²) in [4.78, 5) is 25.9. The van der Waals surface area contributed by atoms with Crippen LogP contribution in [-0.2, 0) is 17.6 Å². The van der Waals surface area contributed by atoms with Crippen LogP contribution in [0.4, 0.5) is 11.5 Å². The number of nitrogens with zero attached hydrogens (tertiary/aromatic N) is 5. The van der Waals surface area contributed by atoms with Crippen molar-refractivity contribution in [2.24, 2.45) is 5.92 Å². The van der Waals surface area contributed by atoms with Gasteiger partial charge in [0.1, 0.15) is 28.2 Å². The fourth-order valence-corrected chi connectivity index (χ4v) is 6.27. The number of rotatable bonds is 7. The number of aryl methyl sites for hydroxylation is 1. The van der Waals surface area contributed by atoms with Crippen LogP contribution in [0.25, 0.3) is 20.4 Å². The van der Waals surface area contributed by atoms with Gasteiger partial charge in [0.05, 0.1) is 29.5 Å². The van der Waals surface area contributed by atoms with Crippen LogP contribution < -0.4 is 10.1 Å². The van der Waals surface area contributed by atoms with Crippen LogP contribution in [0.5, 0.6) is 5.75 Å². The Morgan fingerprint density at radius 1 is 1.36 bits per heavy atom. The molecule has 1 amide bonds. The van der Waals surface area contributed by atoms with Crippen LogP contribution in [0.15, 0.2) is 18.5 Å². The zero-order valence-corrected chi connectivity index (χ0v) is 20.0. The largest absolute Gasteiger partial charge is 0.494 e. The lowest BCUT2D eigenvalue weighted by Crippen LogP contribution is -2.39. The van der Waals surface area contributed by atoms with Gasteiger partial charge in [-0.2, -0.15) is 0 Å². The zero-order valence-electron chi connectivity index (χ0n) is 18.4. The summed E-state index contributed by atoms with van der Waals surface area (Å²) in [5.41, 5.74) is 2.80. The molecule has 0 spiro atoms. The second-order valence-corrected chi connectivity index (χ2v) is 9.77. The zero-order chi connectivity index (χ0) is 22.9. The number of hydrogen-bond acceptors (Lipinski definition) is 10. The van der Waals surface area contributed by atoms with E-state index in [-0.39, 0.29) is 18.4 Å². The van der Waals surface area contributed by atoms with Gasteiger partial charge in [-0.25, -0.2) is 9.97 Å². The van der Waals surface area contributed by atoms with Gasteiger partial charge in [-0.3, -0.25) is 4.79 Å². The van der Waals surface area contributed by atoms with Crippen LogP contribution in [0.2, 0.25) is 0 Å². The average Bonchev–Trinajstić information content (AvgIpc) is 3.45. The standard InChI is InChI=1S/C22H24N6O3S2/c1-3-28(6-7-29)22(30)12-4-5-13-17(8-12)32-21-19(13)20(23-11-24-21)25-14-10-18-15(26-27-33-18)9-16(14)31-2/h9-12,29H,3-8H2,1-2H3,(H,23,24,25). The summed E-state index contributed by atoms with van der Waals surface area (Å²) in [6, 6.07) is 3.84. The predicted octanol–water partition coefficient (Wildman–Crippen LogP) is 3.39. The van der Waals surface area contributed by atoms with Gasteiger partial charge >= 0.3 is 0 Å². The van der Waals surface area contributed by atoms with E-state index in [0.717, 1.165) is 44.8 Å². The van der Waals surface area contributed by atoms with E-state index in [2.05, 4.69) is 24.9 Å². The van der Waals surface area contributed by atoms with Crippen molar-refractivity contribution in [3.8, 4) is 5.75 Å². The molecule has 1 aromatic carbocycles. The third kappa shape index (κ3) is 4.00. The second-order valence-electron chi connectivity index (χ2n) is 7.91. The number of nitrogens with one attached hydrogen (secondary N) is 1. The molecule has 9 nitrogen and oxygen atoms in total. The number of anilines is 2. The molecule has 1 aliphatic carbocycles. The molecule has 5 rings (SSSR count). The summed E-state index contributed by atoms with van der Waals surface area (Å²) in [5.74, 6) is 1.45. The first-order chi connectivity index (χ1) is 16.1. The molecule has 0 fully saturated rings. The molecule has 0 aliphatic heterocycles. The molecule has 172 valence electrons. The number of aliphatic hydroxyl groups excluding tert-OH is 1. The van der Waals surface area contributed by atoms with Crippen molar-refractivity contribution >= 4 is 60.7 Å². The Morgan fingerprint density at radius 2 is 2.24 bits per heavy atom. The molecule has 0 bridgehead atoms. The molecule has 0 radical (unpaired) electrons. The number of carbonyl (C=O) groups is 1. The van der Waals surface area contributed by atoms with E-state index in [0.29, 0.717) is 25.3 Å². The first kappa shape index (κ1) is 21.9. The lowest BCUT2D eigenvalue weighted by molar-refractivity contribution is -0.136. The van der Waals surface area contributed by atoms with E-state index in [4.69, 9.17) is 4.74 Å². The van der Waals surface area contributed by atoms with Crippen LogP contribution in [-0.4, -0.2) is 62.3 Å². The minimum absolute atomic E-state index is 0.0160. The fraction of sp³-hybridized carbons (Fsp3) is 0.409. The molecular weight excluding hydrogens is 460 g/mol. The third-order valence-corrected chi connectivity index (χ3v) is 7.93. The van der Waals surface area contributed by atoms with Crippen molar-refractivity contribution in [3.05, 3.63) is 28.9 Å². The summed E-state index contributed by atoms with van der Waals surface area (Å²) in [6.45, 7) is 2.92. The molecular formula is C22H24N6O3S2. The quantitative estimate of drug-likeness (QED) is 0.410. The summed E-state index contributed by atoms with van der Waals surface area (Å²) in [7, 11) is 1.63. The van der Waals surface area contributed by atoms with Crippen molar-refractivity contribution in [2.75, 3.05) is 32.1 Å². The maximum Gasteiger partial charge on any atom is 0.226 e. The molecule has 1 atom stereocenters. The Balaban J connectivity index is 1.48. The molecule has 0 saturated carbocycles. The highest BCUT2D eigenvalue weighted by atomic mass is 32.1. The molecule has 0 saturated heterocycles.